The van der Waals surface area contributed by atoms with E-state index in [1.807, 2.05) is 0 Å². The molecule has 0 atom stereocenters. The van der Waals surface area contributed by atoms with Gasteiger partial charge in [0.25, 0.3) is 0 Å². The molecule has 0 amide bonds. The summed E-state index contributed by atoms with van der Waals surface area (Å²) < 4.78 is 0. The third-order valence-corrected chi connectivity index (χ3v) is 0. The quantitative estimate of drug-likeness (QED) is 0.267. The first kappa shape index (κ1) is 9.27. The molecule has 4 heteroatoms. The Balaban J connectivity index is -0.0000000450. The van der Waals surface area contributed by atoms with E-state index in [9.17, 15) is 0 Å². The number of hydrogen-bond acceptors (Lipinski definition) is 1. The van der Waals surface area contributed by atoms with Gasteiger partial charge in [0.1, 0.15) is 0 Å². The molecule has 0 saturated heterocycles. The summed E-state index contributed by atoms with van der Waals surface area (Å²) >= 11 is 2.88. The molecule has 0 aromatic rings. The molecule has 0 bridgehead atoms. The van der Waals surface area contributed by atoms with Crippen LogP contribution in [0.2, 0.25) is 0 Å². The van der Waals surface area contributed by atoms with Crippen LogP contribution in [0.15, 0.2) is 0 Å². The Hall–Kier alpha value is 0.820. The predicted molar refractivity (Wildman–Crippen MR) is 18.1 cm³/mol. The molecule has 0 aliphatic heterocycles. The maximum Gasteiger partial charge on any atom is 1.00 e. The molecule has 0 spiro atoms. The minimum atomic E-state index is -1.14. The van der Waals surface area contributed by atoms with Crippen LogP contribution in [-0.4, -0.2) is 10.4 Å². The Labute approximate surface area is 58.7 Å². The molecule has 0 aliphatic rings. The van der Waals surface area contributed by atoms with Crippen LogP contribution in [-0.2, 0) is 0 Å². The molecule has 0 rings (SSSR count). The first-order valence-electron chi connectivity index (χ1n) is 0.651. The standard InChI is InChI=1S/CH2O2S.Na.H/c2-1(3)4;;/h4H,(H,2,3);;/q;+1;-1. The van der Waals surface area contributed by atoms with Crippen molar-refractivity contribution >= 4 is 17.9 Å². The van der Waals surface area contributed by atoms with Crippen molar-refractivity contribution in [3.05, 3.63) is 0 Å². The minimum Gasteiger partial charge on any atom is -1.00 e. The second-order valence-corrected chi connectivity index (χ2v) is 0.665. The van der Waals surface area contributed by atoms with Crippen molar-refractivity contribution in [3.8, 4) is 0 Å². The van der Waals surface area contributed by atoms with Gasteiger partial charge in [-0.05, 0) is 0 Å². The van der Waals surface area contributed by atoms with Gasteiger partial charge in [-0.3, -0.25) is 0 Å². The van der Waals surface area contributed by atoms with E-state index < -0.39 is 5.30 Å². The fourth-order valence-corrected chi connectivity index (χ4v) is 0. The molecule has 26 valence electrons. The SMILES string of the molecule is O=C(O)S.[H-].[Na+]. The summed E-state index contributed by atoms with van der Waals surface area (Å²) in [7, 11) is 0. The summed E-state index contributed by atoms with van der Waals surface area (Å²) in [6.45, 7) is 0. The van der Waals surface area contributed by atoms with Crippen molar-refractivity contribution in [2.45, 2.75) is 0 Å². The van der Waals surface area contributed by atoms with Gasteiger partial charge < -0.3 is 6.53 Å². The maximum absolute atomic E-state index is 8.86. The second kappa shape index (κ2) is 4.82. The Kier molecular flexibility index (Phi) is 8.93. The first-order valence-corrected chi connectivity index (χ1v) is 1.10. The number of carbonyl (C=O) groups is 1. The molecule has 0 aromatic heterocycles. The van der Waals surface area contributed by atoms with Gasteiger partial charge in [-0.2, -0.15) is 0 Å². The van der Waals surface area contributed by atoms with Gasteiger partial charge in [-0.1, -0.05) is 12.6 Å². The molecule has 0 fully saturated rings. The summed E-state index contributed by atoms with van der Waals surface area (Å²) in [6, 6.07) is 0. The van der Waals surface area contributed by atoms with Crippen LogP contribution in [0.1, 0.15) is 1.43 Å². The van der Waals surface area contributed by atoms with E-state index in [-0.39, 0.29) is 31.0 Å². The molecule has 1 N–H and O–H groups in total. The van der Waals surface area contributed by atoms with Crippen LogP contribution in [0.25, 0.3) is 0 Å². The topological polar surface area (TPSA) is 37.3 Å². The smallest absolute Gasteiger partial charge is 1.00 e. The fourth-order valence-electron chi connectivity index (χ4n) is 0. The average Bonchev–Trinajstić information content (AvgIpc) is 0.811. The maximum atomic E-state index is 8.86. The van der Waals surface area contributed by atoms with Crippen LogP contribution in [0.4, 0.5) is 4.79 Å². The summed E-state index contributed by atoms with van der Waals surface area (Å²) in [5, 5.41) is 6.14. The molecular formula is CH3NaO2S. The van der Waals surface area contributed by atoms with Crippen LogP contribution >= 0.6 is 12.6 Å². The van der Waals surface area contributed by atoms with Crippen molar-refractivity contribution < 1.29 is 40.9 Å². The summed E-state index contributed by atoms with van der Waals surface area (Å²) in [4.78, 5) is 8.86. The normalized spacial score (nSPS) is 5.00. The second-order valence-electron chi connectivity index (χ2n) is 0.283. The minimum absolute atomic E-state index is 0. The predicted octanol–water partition coefficient (Wildman–Crippen LogP) is -2.29. The third-order valence-electron chi connectivity index (χ3n) is 0. The third kappa shape index (κ3) is 57.0. The van der Waals surface area contributed by atoms with Crippen LogP contribution < -0.4 is 29.6 Å². The van der Waals surface area contributed by atoms with Gasteiger partial charge in [0.15, 0.2) is 0 Å². The van der Waals surface area contributed by atoms with E-state index >= 15 is 0 Å². The zero-order valence-electron chi connectivity index (χ0n) is 3.80. The van der Waals surface area contributed by atoms with Crippen LogP contribution in [0.5, 0.6) is 0 Å². The number of thiol groups is 1. The average molecular weight is 102 g/mol. The van der Waals surface area contributed by atoms with E-state index in [1.165, 1.54) is 0 Å². The Morgan fingerprint density at radius 1 is 2.00 bits per heavy atom. The van der Waals surface area contributed by atoms with E-state index in [1.54, 1.807) is 0 Å². The molecule has 0 heterocycles. The Morgan fingerprint density at radius 3 is 2.00 bits per heavy atom. The molecule has 2 nitrogen and oxygen atoms in total. The van der Waals surface area contributed by atoms with Gasteiger partial charge in [0.05, 0.1) is 0 Å². The molecule has 0 aromatic carbocycles. The largest absolute Gasteiger partial charge is 1.00 e. The fraction of sp³-hybridized carbons (Fsp3) is 0. The summed E-state index contributed by atoms with van der Waals surface area (Å²) in [6.07, 6.45) is 0. The number of hydrogen-bond donors (Lipinski definition) is 2. The van der Waals surface area contributed by atoms with Crippen molar-refractivity contribution in [1.82, 2.24) is 0 Å². The summed E-state index contributed by atoms with van der Waals surface area (Å²) in [5.41, 5.74) is 0. The van der Waals surface area contributed by atoms with E-state index in [2.05, 4.69) is 12.6 Å². The molecule has 0 unspecified atom stereocenters. The Morgan fingerprint density at radius 2 is 2.00 bits per heavy atom. The van der Waals surface area contributed by atoms with Crippen LogP contribution in [0, 0.1) is 0 Å². The molecule has 0 radical (unpaired) electrons. The van der Waals surface area contributed by atoms with Crippen LogP contribution in [0.3, 0.4) is 0 Å². The van der Waals surface area contributed by atoms with Crippen molar-refractivity contribution in [3.63, 3.8) is 0 Å². The molecule has 5 heavy (non-hydrogen) atoms. The molecule has 0 saturated carbocycles. The summed E-state index contributed by atoms with van der Waals surface area (Å²) in [5.74, 6) is 0. The molecule has 0 aliphatic carbocycles. The van der Waals surface area contributed by atoms with Crippen molar-refractivity contribution in [1.29, 1.82) is 0 Å². The zero-order chi connectivity index (χ0) is 3.58. The van der Waals surface area contributed by atoms with Gasteiger partial charge in [-0.25, -0.2) is 4.79 Å². The van der Waals surface area contributed by atoms with Gasteiger partial charge in [0.2, 0.25) is 0 Å². The monoisotopic (exact) mass is 102 g/mol. The van der Waals surface area contributed by atoms with Crippen molar-refractivity contribution in [2.24, 2.45) is 0 Å². The van der Waals surface area contributed by atoms with Gasteiger partial charge >= 0.3 is 34.9 Å². The molecular weight excluding hydrogens is 99.1 g/mol. The zero-order valence-corrected chi connectivity index (χ0v) is 5.70. The van der Waals surface area contributed by atoms with Gasteiger partial charge in [0, 0.05) is 0 Å². The van der Waals surface area contributed by atoms with E-state index in [0.717, 1.165) is 0 Å². The van der Waals surface area contributed by atoms with Gasteiger partial charge in [-0.15, -0.1) is 0 Å². The van der Waals surface area contributed by atoms with E-state index in [0.29, 0.717) is 0 Å². The van der Waals surface area contributed by atoms with E-state index in [4.69, 9.17) is 9.90 Å². The number of rotatable bonds is 0. The number of carboxylic acid groups (broad SMARTS) is 1. The van der Waals surface area contributed by atoms with Crippen molar-refractivity contribution in [2.75, 3.05) is 0 Å². The Bertz CT molecular complexity index is 36.5. The first-order chi connectivity index (χ1) is 1.73.